The Morgan fingerprint density at radius 2 is 2.00 bits per heavy atom. The second-order valence-corrected chi connectivity index (χ2v) is 5.64. The number of nitrogens with zero attached hydrogens (tertiary/aromatic N) is 3. The number of benzene rings is 1. The van der Waals surface area contributed by atoms with Gasteiger partial charge in [0.2, 0.25) is 0 Å². The zero-order valence-electron chi connectivity index (χ0n) is 12.1. The topological polar surface area (TPSA) is 59.8 Å². The van der Waals surface area contributed by atoms with Crippen LogP contribution in [0, 0.1) is 6.92 Å². The maximum absolute atomic E-state index is 12.4. The van der Waals surface area contributed by atoms with Crippen molar-refractivity contribution in [2.24, 2.45) is 0 Å². The molecule has 1 amide bonds. The van der Waals surface area contributed by atoms with Crippen LogP contribution in [0.2, 0.25) is 10.0 Å². The van der Waals surface area contributed by atoms with Crippen molar-refractivity contribution in [1.82, 2.24) is 14.8 Å². The van der Waals surface area contributed by atoms with Crippen molar-refractivity contribution in [1.29, 1.82) is 0 Å². The van der Waals surface area contributed by atoms with E-state index in [0.29, 0.717) is 32.8 Å². The van der Waals surface area contributed by atoms with Crippen molar-refractivity contribution in [3.05, 3.63) is 70.1 Å². The number of anilines is 1. The molecule has 0 unspecified atom stereocenters. The molecule has 0 atom stereocenters. The molecule has 0 aliphatic carbocycles. The Balaban J connectivity index is 1.86. The summed E-state index contributed by atoms with van der Waals surface area (Å²) in [6.07, 6.45) is 3.18. The van der Waals surface area contributed by atoms with Crippen molar-refractivity contribution in [2.75, 3.05) is 5.32 Å². The van der Waals surface area contributed by atoms with Crippen LogP contribution in [0.5, 0.6) is 0 Å². The van der Waals surface area contributed by atoms with Crippen LogP contribution in [-0.4, -0.2) is 20.7 Å². The number of carbonyl (C=O) groups excluding carboxylic acids is 1. The first-order chi connectivity index (χ1) is 11.1. The minimum atomic E-state index is -0.275. The molecule has 0 fully saturated rings. The van der Waals surface area contributed by atoms with Gasteiger partial charge in [-0.25, -0.2) is 9.67 Å². The summed E-state index contributed by atoms with van der Waals surface area (Å²) >= 11 is 11.8. The second-order valence-electron chi connectivity index (χ2n) is 4.83. The van der Waals surface area contributed by atoms with Crippen LogP contribution in [0.4, 0.5) is 5.69 Å². The first kappa shape index (κ1) is 15.5. The highest BCUT2D eigenvalue weighted by Crippen LogP contribution is 2.25. The normalized spacial score (nSPS) is 10.6. The Morgan fingerprint density at radius 3 is 2.70 bits per heavy atom. The molecule has 2 aromatic heterocycles. The number of carbonyl (C=O) groups is 1. The average Bonchev–Trinajstić information content (AvgIpc) is 2.93. The first-order valence-corrected chi connectivity index (χ1v) is 7.54. The molecule has 0 saturated carbocycles. The van der Waals surface area contributed by atoms with E-state index >= 15 is 0 Å². The number of pyridine rings is 1. The van der Waals surface area contributed by atoms with Crippen LogP contribution < -0.4 is 5.32 Å². The predicted molar refractivity (Wildman–Crippen MR) is 90.5 cm³/mol. The fourth-order valence-corrected chi connectivity index (χ4v) is 2.41. The van der Waals surface area contributed by atoms with E-state index in [2.05, 4.69) is 15.4 Å². The summed E-state index contributed by atoms with van der Waals surface area (Å²) in [6, 6.07) is 10.4. The zero-order valence-corrected chi connectivity index (χ0v) is 13.6. The summed E-state index contributed by atoms with van der Waals surface area (Å²) in [6.45, 7) is 1.81. The molecule has 1 aromatic carbocycles. The van der Waals surface area contributed by atoms with Gasteiger partial charge in [-0.05, 0) is 37.3 Å². The molecule has 0 radical (unpaired) electrons. The van der Waals surface area contributed by atoms with Gasteiger partial charge in [0.05, 0.1) is 27.5 Å². The Hall–Kier alpha value is -2.37. The summed E-state index contributed by atoms with van der Waals surface area (Å²) in [7, 11) is 0. The van der Waals surface area contributed by atoms with Gasteiger partial charge in [-0.15, -0.1) is 0 Å². The zero-order chi connectivity index (χ0) is 16.4. The predicted octanol–water partition coefficient (Wildman–Crippen LogP) is 4.13. The molecular formula is C16H12Cl2N4O. The molecule has 0 saturated heterocycles. The summed E-state index contributed by atoms with van der Waals surface area (Å²) in [5, 5.41) is 7.82. The van der Waals surface area contributed by atoms with Crippen molar-refractivity contribution in [3.8, 4) is 5.82 Å². The van der Waals surface area contributed by atoms with Crippen molar-refractivity contribution >= 4 is 34.8 Å². The summed E-state index contributed by atoms with van der Waals surface area (Å²) in [5.74, 6) is 0.377. The van der Waals surface area contributed by atoms with Crippen LogP contribution in [0.15, 0.2) is 48.8 Å². The highest BCUT2D eigenvalue weighted by molar-refractivity contribution is 6.42. The average molecular weight is 347 g/mol. The largest absolute Gasteiger partial charge is 0.322 e. The van der Waals surface area contributed by atoms with E-state index in [9.17, 15) is 4.79 Å². The van der Waals surface area contributed by atoms with Gasteiger partial charge in [-0.3, -0.25) is 4.79 Å². The standard InChI is InChI=1S/C16H12Cl2N4O/c1-10-12(9-20-22(10)15-4-2-3-7-19-15)16(23)21-11-5-6-13(17)14(18)8-11/h2-9H,1H3,(H,21,23). The molecule has 7 heteroatoms. The van der Waals surface area contributed by atoms with E-state index in [1.165, 1.54) is 6.20 Å². The maximum Gasteiger partial charge on any atom is 0.259 e. The molecule has 1 N–H and O–H groups in total. The monoisotopic (exact) mass is 346 g/mol. The van der Waals surface area contributed by atoms with Crippen LogP contribution >= 0.6 is 23.2 Å². The fourth-order valence-electron chi connectivity index (χ4n) is 2.11. The highest BCUT2D eigenvalue weighted by Gasteiger charge is 2.16. The van der Waals surface area contributed by atoms with E-state index in [0.717, 1.165) is 0 Å². The number of halogens is 2. The number of hydrogen-bond donors (Lipinski definition) is 1. The number of aromatic nitrogens is 3. The van der Waals surface area contributed by atoms with Gasteiger partial charge in [0.1, 0.15) is 0 Å². The lowest BCUT2D eigenvalue weighted by Crippen LogP contribution is -2.13. The lowest BCUT2D eigenvalue weighted by Gasteiger charge is -2.07. The number of hydrogen-bond acceptors (Lipinski definition) is 3. The Labute approximate surface area is 142 Å². The van der Waals surface area contributed by atoms with Gasteiger partial charge in [0.15, 0.2) is 5.82 Å². The van der Waals surface area contributed by atoms with Crippen molar-refractivity contribution < 1.29 is 4.79 Å². The third-order valence-corrected chi connectivity index (χ3v) is 4.04. The van der Waals surface area contributed by atoms with E-state index in [1.807, 2.05) is 25.1 Å². The maximum atomic E-state index is 12.4. The summed E-state index contributed by atoms with van der Waals surface area (Å²) in [4.78, 5) is 16.6. The minimum Gasteiger partial charge on any atom is -0.322 e. The van der Waals surface area contributed by atoms with Gasteiger partial charge in [0, 0.05) is 11.9 Å². The Kier molecular flexibility index (Phi) is 4.32. The lowest BCUT2D eigenvalue weighted by molar-refractivity contribution is 0.102. The minimum absolute atomic E-state index is 0.275. The fraction of sp³-hybridized carbons (Fsp3) is 0.0625. The van der Waals surface area contributed by atoms with E-state index < -0.39 is 0 Å². The lowest BCUT2D eigenvalue weighted by atomic mass is 10.2. The molecule has 0 bridgehead atoms. The molecule has 0 aliphatic heterocycles. The third-order valence-electron chi connectivity index (χ3n) is 3.30. The third kappa shape index (κ3) is 3.21. The van der Waals surface area contributed by atoms with Crippen LogP contribution in [0.25, 0.3) is 5.82 Å². The highest BCUT2D eigenvalue weighted by atomic mass is 35.5. The molecule has 2 heterocycles. The van der Waals surface area contributed by atoms with Crippen LogP contribution in [0.1, 0.15) is 16.1 Å². The molecule has 3 rings (SSSR count). The van der Waals surface area contributed by atoms with E-state index in [1.54, 1.807) is 29.1 Å². The molecule has 5 nitrogen and oxygen atoms in total. The number of rotatable bonds is 3. The Morgan fingerprint density at radius 1 is 1.17 bits per heavy atom. The first-order valence-electron chi connectivity index (χ1n) is 6.78. The quantitative estimate of drug-likeness (QED) is 0.775. The molecule has 23 heavy (non-hydrogen) atoms. The summed E-state index contributed by atoms with van der Waals surface area (Å²) < 4.78 is 1.61. The Bertz CT molecular complexity index is 862. The van der Waals surface area contributed by atoms with Crippen molar-refractivity contribution in [3.63, 3.8) is 0 Å². The summed E-state index contributed by atoms with van der Waals surface area (Å²) in [5.41, 5.74) is 1.72. The second kappa shape index (κ2) is 6.40. The van der Waals surface area contributed by atoms with Crippen LogP contribution in [0.3, 0.4) is 0 Å². The smallest absolute Gasteiger partial charge is 0.259 e. The number of nitrogens with one attached hydrogen (secondary N) is 1. The molecule has 0 aliphatic rings. The molecular weight excluding hydrogens is 335 g/mol. The van der Waals surface area contributed by atoms with Gasteiger partial charge in [0.25, 0.3) is 5.91 Å². The molecule has 3 aromatic rings. The van der Waals surface area contributed by atoms with Gasteiger partial charge in [-0.1, -0.05) is 29.3 Å². The van der Waals surface area contributed by atoms with E-state index in [4.69, 9.17) is 23.2 Å². The molecule has 0 spiro atoms. The SMILES string of the molecule is Cc1c(C(=O)Nc2ccc(Cl)c(Cl)c2)cnn1-c1ccccn1. The van der Waals surface area contributed by atoms with Gasteiger partial charge >= 0.3 is 0 Å². The van der Waals surface area contributed by atoms with Gasteiger partial charge in [-0.2, -0.15) is 5.10 Å². The van der Waals surface area contributed by atoms with E-state index in [-0.39, 0.29) is 5.91 Å². The number of amides is 1. The van der Waals surface area contributed by atoms with Crippen LogP contribution in [-0.2, 0) is 0 Å². The van der Waals surface area contributed by atoms with Gasteiger partial charge < -0.3 is 5.32 Å². The van der Waals surface area contributed by atoms with Crippen molar-refractivity contribution in [2.45, 2.75) is 6.92 Å². The molecule has 116 valence electrons.